The molecule has 8 rings (SSSR count). The number of hydrogen-bond acceptors (Lipinski definition) is 8. The van der Waals surface area contributed by atoms with E-state index in [1.807, 2.05) is 36.4 Å². The number of piperazine rings is 1. The van der Waals surface area contributed by atoms with E-state index in [1.165, 1.54) is 48.4 Å². The number of aromatic nitrogens is 1. The number of anilines is 2. The van der Waals surface area contributed by atoms with Crippen molar-refractivity contribution >= 4 is 69.0 Å². The van der Waals surface area contributed by atoms with Crippen LogP contribution in [0.5, 0.6) is 0 Å². The number of benzene rings is 4. The van der Waals surface area contributed by atoms with Crippen LogP contribution in [0.4, 0.5) is 21.0 Å². The number of nitrogens with zero attached hydrogens (tertiary/aromatic N) is 5. The number of aryl methyl sites for hydroxylation is 1. The number of hydrogen-bond donors (Lipinski definition) is 6. The minimum Gasteiger partial charge on any atom is -0.465 e. The molecule has 0 saturated carbocycles. The fourth-order valence-electron chi connectivity index (χ4n) is 10.7. The maximum Gasteiger partial charge on any atom is 0.405 e. The Hall–Kier alpha value is -6.98. The number of amides is 6. The SMILES string of the molecule is CN1CCN(CCCCCCCCCCn2c3cc(NC(=O)[C@@H]4CCCN4C(=O)C(NC(=O)O)c4ccccc4)ccc3c3ccc(NC(=O)[C@@H]4CCCN4C(=O)C(NC(=O)O)c4ccccc4)cc32)CC1. The highest BCUT2D eigenvalue weighted by molar-refractivity contribution is 6.11. The van der Waals surface area contributed by atoms with E-state index in [0.29, 0.717) is 67.8 Å². The molecule has 1 aromatic heterocycles. The predicted molar refractivity (Wildman–Crippen MR) is 278 cm³/mol. The number of rotatable bonds is 21. The Morgan fingerprint density at radius 3 is 1.38 bits per heavy atom. The second-order valence-corrected chi connectivity index (χ2v) is 19.5. The molecule has 3 fully saturated rings. The zero-order valence-electron chi connectivity index (χ0n) is 41.3. The average molecular weight is 984 g/mol. The van der Waals surface area contributed by atoms with Gasteiger partial charge in [0.15, 0.2) is 0 Å². The van der Waals surface area contributed by atoms with Crippen LogP contribution in [0.25, 0.3) is 21.8 Å². The van der Waals surface area contributed by atoms with Crippen LogP contribution in [0.1, 0.15) is 100 Å². The molecule has 3 saturated heterocycles. The summed E-state index contributed by atoms with van der Waals surface area (Å²) >= 11 is 0. The molecule has 0 bridgehead atoms. The van der Waals surface area contributed by atoms with Gasteiger partial charge in [0, 0.05) is 68.0 Å². The van der Waals surface area contributed by atoms with Crippen LogP contribution in [-0.2, 0) is 25.7 Å². The Bertz CT molecular complexity index is 2530. The summed E-state index contributed by atoms with van der Waals surface area (Å²) in [7, 11) is 2.19. The van der Waals surface area contributed by atoms with Crippen molar-refractivity contribution in [3.63, 3.8) is 0 Å². The van der Waals surface area contributed by atoms with Gasteiger partial charge in [-0.15, -0.1) is 0 Å². The summed E-state index contributed by atoms with van der Waals surface area (Å²) < 4.78 is 2.23. The lowest BCUT2D eigenvalue weighted by Gasteiger charge is -2.32. The maximum absolute atomic E-state index is 14.1. The predicted octanol–water partition coefficient (Wildman–Crippen LogP) is 8.04. The molecular formula is C55H69N9O8. The smallest absolute Gasteiger partial charge is 0.405 e. The lowest BCUT2D eigenvalue weighted by Crippen LogP contribution is -2.48. The third-order valence-electron chi connectivity index (χ3n) is 14.6. The standard InChI is InChI=1S/C55H69N9O8/c1-60-32-34-61(35-33-60)28-14-6-4-2-3-5-7-15-29-62-46-36-40(56-50(65)44-22-16-30-63(44)52(67)48(58-54(69)70)38-18-10-8-11-19-38)24-26-42(46)43-27-25-41(37-47(43)62)57-51(66)45-23-17-31-64(45)53(68)49(59-55(71)72)39-20-12-9-13-21-39/h8-13,18-21,24-27,36-37,44-45,48-49,58-59H,2-7,14-17,22-23,28-35H2,1H3,(H,56,65)(H,57,66)(H,69,70)(H,71,72)/t44-,45-,48?,49?/m0/s1. The Balaban J connectivity index is 0.975. The highest BCUT2D eigenvalue weighted by Crippen LogP contribution is 2.35. The van der Waals surface area contributed by atoms with Crippen molar-refractivity contribution in [3.05, 3.63) is 108 Å². The van der Waals surface area contributed by atoms with Gasteiger partial charge in [-0.2, -0.15) is 0 Å². The summed E-state index contributed by atoms with van der Waals surface area (Å²) in [4.78, 5) is 87.5. The van der Waals surface area contributed by atoms with Crippen molar-refractivity contribution in [1.82, 2.24) is 34.8 Å². The van der Waals surface area contributed by atoms with Gasteiger partial charge in [0.2, 0.25) is 11.8 Å². The molecule has 382 valence electrons. The van der Waals surface area contributed by atoms with Crippen molar-refractivity contribution in [2.45, 2.75) is 108 Å². The number of fused-ring (bicyclic) bond motifs is 3. The summed E-state index contributed by atoms with van der Waals surface area (Å²) in [6.07, 6.45) is 8.55. The van der Waals surface area contributed by atoms with Crippen LogP contribution in [0.15, 0.2) is 97.1 Å². The Morgan fingerprint density at radius 2 is 0.944 bits per heavy atom. The fraction of sp³-hybridized carbons (Fsp3) is 0.455. The largest absolute Gasteiger partial charge is 0.465 e. The lowest BCUT2D eigenvalue weighted by atomic mass is 10.0. The molecule has 4 atom stereocenters. The van der Waals surface area contributed by atoms with E-state index in [2.05, 4.69) is 42.7 Å². The quantitative estimate of drug-likeness (QED) is 0.0390. The zero-order chi connectivity index (χ0) is 50.6. The van der Waals surface area contributed by atoms with E-state index < -0.39 is 48.2 Å². The van der Waals surface area contributed by atoms with Crippen LogP contribution in [-0.4, -0.2) is 135 Å². The molecule has 17 nitrogen and oxygen atoms in total. The van der Waals surface area contributed by atoms with E-state index in [4.69, 9.17) is 0 Å². The monoisotopic (exact) mass is 984 g/mol. The summed E-state index contributed by atoms with van der Waals surface area (Å²) in [5, 5.41) is 32.0. The van der Waals surface area contributed by atoms with Gasteiger partial charge in [-0.3, -0.25) is 19.2 Å². The Labute approximate surface area is 420 Å². The molecule has 2 unspecified atom stereocenters. The van der Waals surface area contributed by atoms with Crippen LogP contribution < -0.4 is 21.3 Å². The summed E-state index contributed by atoms with van der Waals surface area (Å²) in [5.41, 5.74) is 3.87. The number of carbonyl (C=O) groups is 6. The molecule has 5 aromatic rings. The molecule has 4 heterocycles. The van der Waals surface area contributed by atoms with E-state index in [0.717, 1.165) is 67.2 Å². The van der Waals surface area contributed by atoms with Crippen molar-refractivity contribution in [3.8, 4) is 0 Å². The number of carboxylic acid groups (broad SMARTS) is 2. The molecule has 6 N–H and O–H groups in total. The summed E-state index contributed by atoms with van der Waals surface area (Å²) in [6, 6.07) is 24.9. The highest BCUT2D eigenvalue weighted by atomic mass is 16.4. The van der Waals surface area contributed by atoms with Crippen molar-refractivity contribution in [2.75, 3.05) is 63.5 Å². The Morgan fingerprint density at radius 1 is 0.528 bits per heavy atom. The van der Waals surface area contributed by atoms with Crippen LogP contribution in [0.3, 0.4) is 0 Å². The number of likely N-dealkylation sites (tertiary alicyclic amines) is 2. The van der Waals surface area contributed by atoms with Gasteiger partial charge in [0.25, 0.3) is 11.8 Å². The van der Waals surface area contributed by atoms with Crippen molar-refractivity contribution < 1.29 is 39.0 Å². The first-order valence-electron chi connectivity index (χ1n) is 25.7. The molecule has 0 aliphatic carbocycles. The highest BCUT2D eigenvalue weighted by Gasteiger charge is 2.40. The van der Waals surface area contributed by atoms with Gasteiger partial charge in [-0.1, -0.05) is 111 Å². The normalized spacial score (nSPS) is 18.2. The van der Waals surface area contributed by atoms with E-state index >= 15 is 0 Å². The first kappa shape index (κ1) is 51.4. The minimum atomic E-state index is -1.34. The average Bonchev–Trinajstić information content (AvgIpc) is 4.15. The number of unbranched alkanes of at least 4 members (excludes halogenated alkanes) is 7. The zero-order valence-corrected chi connectivity index (χ0v) is 41.3. The third-order valence-corrected chi connectivity index (χ3v) is 14.6. The summed E-state index contributed by atoms with van der Waals surface area (Å²) in [6.45, 7) is 7.12. The molecule has 72 heavy (non-hydrogen) atoms. The molecule has 3 aliphatic rings. The number of carbonyl (C=O) groups excluding carboxylic acids is 4. The number of likely N-dealkylation sites (N-methyl/N-ethyl adjacent to an activating group) is 1. The molecule has 0 radical (unpaired) electrons. The van der Waals surface area contributed by atoms with Crippen molar-refractivity contribution in [2.24, 2.45) is 0 Å². The van der Waals surface area contributed by atoms with Gasteiger partial charge in [0.05, 0.1) is 11.0 Å². The second-order valence-electron chi connectivity index (χ2n) is 19.5. The van der Waals surface area contributed by atoms with Crippen LogP contribution in [0.2, 0.25) is 0 Å². The molecule has 17 heteroatoms. The van der Waals surface area contributed by atoms with E-state index in [1.54, 1.807) is 60.7 Å². The second kappa shape index (κ2) is 24.4. The third kappa shape index (κ3) is 12.7. The molecule has 0 spiro atoms. The van der Waals surface area contributed by atoms with Gasteiger partial charge in [-0.25, -0.2) is 9.59 Å². The van der Waals surface area contributed by atoms with Gasteiger partial charge in [0.1, 0.15) is 24.2 Å². The van der Waals surface area contributed by atoms with Gasteiger partial charge in [-0.05, 0) is 87.5 Å². The van der Waals surface area contributed by atoms with Crippen LogP contribution in [0, 0.1) is 0 Å². The minimum absolute atomic E-state index is 0.315. The van der Waals surface area contributed by atoms with E-state index in [-0.39, 0.29) is 11.8 Å². The molecule has 3 aliphatic heterocycles. The molecule has 6 amide bonds. The summed E-state index contributed by atoms with van der Waals surface area (Å²) in [5.74, 6) is -1.69. The Kier molecular flexibility index (Phi) is 17.4. The molecule has 4 aromatic carbocycles. The first-order chi connectivity index (χ1) is 34.9. The van der Waals surface area contributed by atoms with E-state index in [9.17, 15) is 39.0 Å². The lowest BCUT2D eigenvalue weighted by molar-refractivity contribution is -0.138. The maximum atomic E-state index is 14.1. The molecular weight excluding hydrogens is 915 g/mol. The van der Waals surface area contributed by atoms with Gasteiger partial charge >= 0.3 is 12.2 Å². The first-order valence-corrected chi connectivity index (χ1v) is 25.7. The number of nitrogens with one attached hydrogen (secondary N) is 4. The topological polar surface area (TPSA) is 209 Å². The van der Waals surface area contributed by atoms with Crippen molar-refractivity contribution in [1.29, 1.82) is 0 Å². The van der Waals surface area contributed by atoms with Gasteiger partial charge < -0.3 is 55.6 Å². The van der Waals surface area contributed by atoms with Crippen LogP contribution >= 0.6 is 0 Å². The fourth-order valence-corrected chi connectivity index (χ4v) is 10.7.